The molecular formula is C23H25N3O5S. The number of thiophene rings is 1. The number of carbonyl (C=O) groups excluding carboxylic acids is 3. The van der Waals surface area contributed by atoms with Gasteiger partial charge in [-0.15, -0.1) is 11.3 Å². The maximum absolute atomic E-state index is 12.6. The van der Waals surface area contributed by atoms with E-state index in [4.69, 9.17) is 0 Å². The molecule has 0 bridgehead atoms. The molecule has 3 rings (SSSR count). The molecule has 0 saturated carbocycles. The number of carboxylic acid groups (broad SMARTS) is 1. The van der Waals surface area contributed by atoms with Crippen molar-refractivity contribution in [2.24, 2.45) is 0 Å². The maximum atomic E-state index is 12.6. The Bertz CT molecular complexity index is 1100. The van der Waals surface area contributed by atoms with Crippen LogP contribution in [0.25, 0.3) is 11.1 Å². The monoisotopic (exact) mass is 455 g/mol. The standard InChI is InChI=1S/C23H25N3O5S/c1-12-6-5-7-13(2)19(12)15-8-17(32-11-15)16(9-18(27)28)24-23(31)25-20-21(29)14(3)10-26(4)22(20)30/h5-8,10-11,16,20H,9H2,1-4H3,(H,27,28)(H2,24,25,31). The molecule has 0 spiro atoms. The minimum Gasteiger partial charge on any atom is -0.481 e. The van der Waals surface area contributed by atoms with E-state index in [-0.39, 0.29) is 6.42 Å². The number of rotatable bonds is 6. The smallest absolute Gasteiger partial charge is 0.316 e. The zero-order valence-electron chi connectivity index (χ0n) is 18.3. The van der Waals surface area contributed by atoms with E-state index in [9.17, 15) is 24.3 Å². The molecule has 1 aromatic carbocycles. The lowest BCUT2D eigenvalue weighted by molar-refractivity contribution is -0.138. The number of aryl methyl sites for hydroxylation is 2. The fraction of sp³-hybridized carbons (Fsp3) is 0.304. The lowest BCUT2D eigenvalue weighted by Gasteiger charge is -2.27. The summed E-state index contributed by atoms with van der Waals surface area (Å²) in [4.78, 5) is 50.6. The van der Waals surface area contributed by atoms with E-state index in [0.717, 1.165) is 22.3 Å². The zero-order chi connectivity index (χ0) is 23.6. The first-order valence-corrected chi connectivity index (χ1v) is 10.9. The predicted octanol–water partition coefficient (Wildman–Crippen LogP) is 3.16. The number of hydrogen-bond acceptors (Lipinski definition) is 5. The highest BCUT2D eigenvalue weighted by Crippen LogP contribution is 2.34. The molecule has 1 aliphatic heterocycles. The lowest BCUT2D eigenvalue weighted by Crippen LogP contribution is -2.56. The van der Waals surface area contributed by atoms with Gasteiger partial charge in [-0.3, -0.25) is 14.4 Å². The fourth-order valence-electron chi connectivity index (χ4n) is 3.75. The summed E-state index contributed by atoms with van der Waals surface area (Å²) in [5.74, 6) is -2.13. The largest absolute Gasteiger partial charge is 0.481 e. The highest BCUT2D eigenvalue weighted by molar-refractivity contribution is 7.10. The van der Waals surface area contributed by atoms with Gasteiger partial charge in [-0.05, 0) is 54.5 Å². The Morgan fingerprint density at radius 3 is 2.47 bits per heavy atom. The molecule has 2 unspecified atom stereocenters. The van der Waals surface area contributed by atoms with Gasteiger partial charge < -0.3 is 20.6 Å². The normalized spacial score (nSPS) is 17.1. The van der Waals surface area contributed by atoms with E-state index < -0.39 is 35.8 Å². The summed E-state index contributed by atoms with van der Waals surface area (Å²) < 4.78 is 0. The summed E-state index contributed by atoms with van der Waals surface area (Å²) in [6.45, 7) is 5.57. The molecule has 2 aromatic rings. The minimum absolute atomic E-state index is 0.342. The van der Waals surface area contributed by atoms with Gasteiger partial charge in [-0.1, -0.05) is 18.2 Å². The van der Waals surface area contributed by atoms with Crippen molar-refractivity contribution in [2.45, 2.75) is 39.3 Å². The van der Waals surface area contributed by atoms with Crippen LogP contribution in [0.5, 0.6) is 0 Å². The Hall–Kier alpha value is -3.46. The van der Waals surface area contributed by atoms with Gasteiger partial charge in [0.2, 0.25) is 0 Å². The molecule has 1 aromatic heterocycles. The molecule has 168 valence electrons. The van der Waals surface area contributed by atoms with Crippen LogP contribution in [0.3, 0.4) is 0 Å². The van der Waals surface area contributed by atoms with Crippen LogP contribution in [0.15, 0.2) is 41.4 Å². The third kappa shape index (κ3) is 4.88. The minimum atomic E-state index is -1.34. The number of urea groups is 1. The summed E-state index contributed by atoms with van der Waals surface area (Å²) in [5.41, 5.74) is 4.54. The van der Waals surface area contributed by atoms with Crippen molar-refractivity contribution >= 4 is 35.0 Å². The van der Waals surface area contributed by atoms with E-state index in [1.165, 1.54) is 29.5 Å². The van der Waals surface area contributed by atoms with Gasteiger partial charge in [0.05, 0.1) is 12.5 Å². The van der Waals surface area contributed by atoms with Crippen LogP contribution in [0.1, 0.15) is 35.4 Å². The van der Waals surface area contributed by atoms with E-state index in [1.54, 1.807) is 6.92 Å². The van der Waals surface area contributed by atoms with Gasteiger partial charge in [0.1, 0.15) is 0 Å². The first kappa shape index (κ1) is 23.2. The second-order valence-corrected chi connectivity index (χ2v) is 8.77. The van der Waals surface area contributed by atoms with E-state index >= 15 is 0 Å². The third-order valence-electron chi connectivity index (χ3n) is 5.33. The van der Waals surface area contributed by atoms with Crippen molar-refractivity contribution in [3.63, 3.8) is 0 Å². The van der Waals surface area contributed by atoms with Gasteiger partial charge in [0, 0.05) is 23.7 Å². The quantitative estimate of drug-likeness (QED) is 0.579. The summed E-state index contributed by atoms with van der Waals surface area (Å²) in [6.07, 6.45) is 1.07. The zero-order valence-corrected chi connectivity index (χ0v) is 19.1. The first-order valence-electron chi connectivity index (χ1n) is 10.0. The van der Waals surface area contributed by atoms with Gasteiger partial charge >= 0.3 is 12.0 Å². The number of benzene rings is 1. The Morgan fingerprint density at radius 1 is 1.19 bits per heavy atom. The number of nitrogens with one attached hydrogen (secondary N) is 2. The lowest BCUT2D eigenvalue weighted by atomic mass is 9.97. The molecule has 3 N–H and O–H groups in total. The molecule has 3 amide bonds. The number of Topliss-reactive ketones (excluding diaryl/α,β-unsaturated/α-hetero) is 1. The number of carboxylic acids is 1. The SMILES string of the molecule is CC1=CN(C)C(=O)C(NC(=O)NC(CC(=O)O)c2cc(-c3c(C)cccc3C)cs2)C1=O. The number of likely N-dealkylation sites (N-methyl/N-ethyl adjacent to an activating group) is 1. The molecule has 2 atom stereocenters. The Balaban J connectivity index is 1.81. The van der Waals surface area contributed by atoms with Gasteiger partial charge in [0.15, 0.2) is 11.8 Å². The van der Waals surface area contributed by atoms with E-state index in [0.29, 0.717) is 10.5 Å². The molecule has 8 nitrogen and oxygen atoms in total. The van der Waals surface area contributed by atoms with Crippen molar-refractivity contribution in [2.75, 3.05) is 7.05 Å². The first-order chi connectivity index (χ1) is 15.1. The molecule has 0 aliphatic carbocycles. The average molecular weight is 456 g/mol. The van der Waals surface area contributed by atoms with Crippen molar-refractivity contribution < 1.29 is 24.3 Å². The van der Waals surface area contributed by atoms with Crippen LogP contribution in [-0.2, 0) is 14.4 Å². The number of amides is 3. The molecule has 2 heterocycles. The Kier molecular flexibility index (Phi) is 6.78. The molecule has 0 radical (unpaired) electrons. The summed E-state index contributed by atoms with van der Waals surface area (Å²) >= 11 is 1.34. The molecule has 9 heteroatoms. The van der Waals surface area contributed by atoms with Gasteiger partial charge in [-0.25, -0.2) is 4.79 Å². The molecule has 0 fully saturated rings. The highest BCUT2D eigenvalue weighted by atomic mass is 32.1. The number of carbonyl (C=O) groups is 4. The van der Waals surface area contributed by atoms with Crippen molar-refractivity contribution in [3.05, 3.63) is 57.4 Å². The van der Waals surface area contributed by atoms with E-state index in [1.807, 2.05) is 43.5 Å². The number of aliphatic carboxylic acids is 1. The topological polar surface area (TPSA) is 116 Å². The maximum Gasteiger partial charge on any atom is 0.316 e. The van der Waals surface area contributed by atoms with Crippen LogP contribution in [0.4, 0.5) is 4.79 Å². The fourth-order valence-corrected chi connectivity index (χ4v) is 4.70. The Morgan fingerprint density at radius 2 is 1.84 bits per heavy atom. The number of hydrogen-bond donors (Lipinski definition) is 3. The van der Waals surface area contributed by atoms with Crippen LogP contribution >= 0.6 is 11.3 Å². The summed E-state index contributed by atoms with van der Waals surface area (Å²) in [5, 5.41) is 16.3. The average Bonchev–Trinajstić information content (AvgIpc) is 3.18. The third-order valence-corrected chi connectivity index (χ3v) is 6.37. The van der Waals surface area contributed by atoms with Crippen LogP contribution < -0.4 is 10.6 Å². The second kappa shape index (κ2) is 9.35. The number of ketones is 1. The van der Waals surface area contributed by atoms with Gasteiger partial charge in [0.25, 0.3) is 5.91 Å². The molecule has 32 heavy (non-hydrogen) atoms. The van der Waals surface area contributed by atoms with Gasteiger partial charge in [-0.2, -0.15) is 0 Å². The summed E-state index contributed by atoms with van der Waals surface area (Å²) in [7, 11) is 1.50. The van der Waals surface area contributed by atoms with Crippen LogP contribution in [-0.4, -0.2) is 46.8 Å². The highest BCUT2D eigenvalue weighted by Gasteiger charge is 2.35. The molecule has 1 aliphatic rings. The molecule has 0 saturated heterocycles. The Labute approximate surface area is 189 Å². The van der Waals surface area contributed by atoms with E-state index in [2.05, 4.69) is 10.6 Å². The van der Waals surface area contributed by atoms with Crippen LogP contribution in [0.2, 0.25) is 0 Å². The predicted molar refractivity (Wildman–Crippen MR) is 121 cm³/mol. The molecular weight excluding hydrogens is 430 g/mol. The van der Waals surface area contributed by atoms with Crippen LogP contribution in [0, 0.1) is 13.8 Å². The van der Waals surface area contributed by atoms with Crippen molar-refractivity contribution in [1.82, 2.24) is 15.5 Å². The second-order valence-electron chi connectivity index (χ2n) is 7.83. The summed E-state index contributed by atoms with van der Waals surface area (Å²) in [6, 6.07) is 4.90. The number of nitrogens with zero attached hydrogens (tertiary/aromatic N) is 1. The van der Waals surface area contributed by atoms with Crippen molar-refractivity contribution in [3.8, 4) is 11.1 Å². The van der Waals surface area contributed by atoms with Crippen molar-refractivity contribution in [1.29, 1.82) is 0 Å².